The average molecular weight is 296 g/mol. The third kappa shape index (κ3) is 5.15. The lowest BCUT2D eigenvalue weighted by Gasteiger charge is -2.15. The lowest BCUT2D eigenvalue weighted by atomic mass is 10.2. The van der Waals surface area contributed by atoms with Crippen molar-refractivity contribution < 1.29 is 4.79 Å². The molecule has 1 heterocycles. The van der Waals surface area contributed by atoms with E-state index in [0.29, 0.717) is 6.42 Å². The predicted octanol–water partition coefficient (Wildman–Crippen LogP) is 3.87. The number of hydrogen-bond acceptors (Lipinski definition) is 3. The van der Waals surface area contributed by atoms with Gasteiger partial charge in [0.05, 0.1) is 4.88 Å². The van der Waals surface area contributed by atoms with E-state index in [-0.39, 0.29) is 18.2 Å². The Bertz CT molecular complexity index is 484. The summed E-state index contributed by atoms with van der Waals surface area (Å²) in [5.74, 6) is 0.241. The summed E-state index contributed by atoms with van der Waals surface area (Å²) >= 11 is 1.52. The van der Waals surface area contributed by atoms with Gasteiger partial charge in [0.15, 0.2) is 5.78 Å². The third-order valence-corrected chi connectivity index (χ3v) is 3.72. The van der Waals surface area contributed by atoms with Gasteiger partial charge in [-0.3, -0.25) is 4.79 Å². The molecule has 0 spiro atoms. The zero-order chi connectivity index (χ0) is 12.8. The number of carbonyl (C=O) groups is 1. The Kier molecular flexibility index (Phi) is 6.78. The van der Waals surface area contributed by atoms with Crippen LogP contribution in [0.15, 0.2) is 47.8 Å². The highest BCUT2D eigenvalue weighted by Crippen LogP contribution is 2.12. The van der Waals surface area contributed by atoms with Gasteiger partial charge in [-0.15, -0.1) is 23.7 Å². The first kappa shape index (κ1) is 15.9. The summed E-state index contributed by atoms with van der Waals surface area (Å²) in [5, 5.41) is 1.95. The summed E-state index contributed by atoms with van der Waals surface area (Å²) in [6.45, 7) is 1.68. The normalized spacial score (nSPS) is 10.2. The molecule has 19 heavy (non-hydrogen) atoms. The second-order valence-electron chi connectivity index (χ2n) is 4.37. The number of hydrogen-bond donors (Lipinski definition) is 0. The maximum absolute atomic E-state index is 11.8. The van der Waals surface area contributed by atoms with Crippen molar-refractivity contribution in [3.63, 3.8) is 0 Å². The van der Waals surface area contributed by atoms with E-state index in [1.54, 1.807) is 0 Å². The first-order valence-electron chi connectivity index (χ1n) is 6.05. The molecular weight excluding hydrogens is 278 g/mol. The van der Waals surface area contributed by atoms with Crippen LogP contribution in [0.2, 0.25) is 0 Å². The van der Waals surface area contributed by atoms with Gasteiger partial charge in [-0.05, 0) is 24.1 Å². The van der Waals surface area contributed by atoms with Crippen LogP contribution >= 0.6 is 23.7 Å². The summed E-state index contributed by atoms with van der Waals surface area (Å²) in [7, 11) is 2.05. The first-order chi connectivity index (χ1) is 8.75. The minimum absolute atomic E-state index is 0. The number of ketones is 1. The molecule has 102 valence electrons. The highest BCUT2D eigenvalue weighted by atomic mass is 35.5. The second kappa shape index (κ2) is 8.10. The van der Waals surface area contributed by atoms with Crippen LogP contribution in [0.25, 0.3) is 0 Å². The zero-order valence-electron chi connectivity index (χ0n) is 10.9. The van der Waals surface area contributed by atoms with Crippen molar-refractivity contribution in [2.24, 2.45) is 0 Å². The van der Waals surface area contributed by atoms with Crippen molar-refractivity contribution in [1.29, 1.82) is 0 Å². The Balaban J connectivity index is 0.00000180. The Morgan fingerprint density at radius 2 is 1.89 bits per heavy atom. The van der Waals surface area contributed by atoms with Crippen LogP contribution in [-0.4, -0.2) is 24.3 Å². The summed E-state index contributed by atoms with van der Waals surface area (Å²) in [6.07, 6.45) is 0.587. The van der Waals surface area contributed by atoms with Crippen LogP contribution in [0.4, 0.5) is 0 Å². The monoisotopic (exact) mass is 295 g/mol. The van der Waals surface area contributed by atoms with Crippen molar-refractivity contribution in [2.45, 2.75) is 13.0 Å². The van der Waals surface area contributed by atoms with Gasteiger partial charge in [-0.25, -0.2) is 0 Å². The molecule has 0 N–H and O–H groups in total. The topological polar surface area (TPSA) is 20.3 Å². The largest absolute Gasteiger partial charge is 0.302 e. The van der Waals surface area contributed by atoms with E-state index >= 15 is 0 Å². The van der Waals surface area contributed by atoms with Gasteiger partial charge < -0.3 is 4.90 Å². The van der Waals surface area contributed by atoms with Crippen LogP contribution in [0.5, 0.6) is 0 Å². The number of nitrogens with zero attached hydrogens (tertiary/aromatic N) is 1. The van der Waals surface area contributed by atoms with E-state index in [2.05, 4.69) is 24.1 Å². The van der Waals surface area contributed by atoms with E-state index < -0.39 is 0 Å². The van der Waals surface area contributed by atoms with Gasteiger partial charge in [0.25, 0.3) is 0 Å². The van der Waals surface area contributed by atoms with Crippen molar-refractivity contribution in [2.75, 3.05) is 13.6 Å². The molecule has 0 aliphatic rings. The summed E-state index contributed by atoms with van der Waals surface area (Å²) < 4.78 is 0. The predicted molar refractivity (Wildman–Crippen MR) is 83.3 cm³/mol. The molecule has 0 aliphatic carbocycles. The number of thiophene rings is 1. The summed E-state index contributed by atoms with van der Waals surface area (Å²) in [4.78, 5) is 14.9. The lowest BCUT2D eigenvalue weighted by molar-refractivity contribution is 0.0972. The van der Waals surface area contributed by atoms with Gasteiger partial charge >= 0.3 is 0 Å². The molecule has 0 unspecified atom stereocenters. The van der Waals surface area contributed by atoms with E-state index in [4.69, 9.17) is 0 Å². The fourth-order valence-corrected chi connectivity index (χ4v) is 2.52. The Morgan fingerprint density at radius 3 is 2.53 bits per heavy atom. The quantitative estimate of drug-likeness (QED) is 0.754. The number of Topliss-reactive ketones (excluding diaryl/α,β-unsaturated/α-hetero) is 1. The Morgan fingerprint density at radius 1 is 1.16 bits per heavy atom. The van der Waals surface area contributed by atoms with Gasteiger partial charge in [-0.2, -0.15) is 0 Å². The zero-order valence-corrected chi connectivity index (χ0v) is 12.5. The van der Waals surface area contributed by atoms with E-state index in [0.717, 1.165) is 18.0 Å². The molecule has 1 aromatic carbocycles. The maximum Gasteiger partial charge on any atom is 0.174 e. The molecule has 0 aliphatic heterocycles. The Hall–Kier alpha value is -1.16. The fourth-order valence-electron chi connectivity index (χ4n) is 1.83. The summed E-state index contributed by atoms with van der Waals surface area (Å²) in [6, 6.07) is 14.1. The number of carbonyl (C=O) groups excluding carboxylic acids is 1. The van der Waals surface area contributed by atoms with Gasteiger partial charge in [0, 0.05) is 19.5 Å². The molecule has 1 aromatic heterocycles. The minimum Gasteiger partial charge on any atom is -0.302 e. The highest BCUT2D eigenvalue weighted by Gasteiger charge is 2.08. The fraction of sp³-hybridized carbons (Fsp3) is 0.267. The molecule has 4 heteroatoms. The molecule has 0 radical (unpaired) electrons. The smallest absolute Gasteiger partial charge is 0.174 e. The van der Waals surface area contributed by atoms with Gasteiger partial charge in [0.1, 0.15) is 0 Å². The molecule has 2 rings (SSSR count). The lowest BCUT2D eigenvalue weighted by Crippen LogP contribution is -2.21. The minimum atomic E-state index is 0. The summed E-state index contributed by atoms with van der Waals surface area (Å²) in [5.41, 5.74) is 1.28. The maximum atomic E-state index is 11.8. The van der Waals surface area contributed by atoms with Gasteiger partial charge in [0.2, 0.25) is 0 Å². The molecule has 0 saturated carbocycles. The van der Waals surface area contributed by atoms with E-state index in [1.165, 1.54) is 16.9 Å². The van der Waals surface area contributed by atoms with Crippen LogP contribution in [0.3, 0.4) is 0 Å². The second-order valence-corrected chi connectivity index (χ2v) is 5.32. The number of benzene rings is 1. The molecule has 2 aromatic rings. The number of rotatable bonds is 6. The van der Waals surface area contributed by atoms with Crippen molar-refractivity contribution in [3.05, 3.63) is 58.3 Å². The molecule has 0 fully saturated rings. The van der Waals surface area contributed by atoms with Crippen LogP contribution in [0.1, 0.15) is 21.7 Å². The van der Waals surface area contributed by atoms with Crippen molar-refractivity contribution >= 4 is 29.5 Å². The standard InChI is InChI=1S/C15H17NOS.ClH/c1-16(12-13-6-3-2-4-7-13)10-9-14(17)15-8-5-11-18-15;/h2-8,11H,9-10,12H2,1H3;1H. The van der Waals surface area contributed by atoms with Crippen molar-refractivity contribution in [3.8, 4) is 0 Å². The highest BCUT2D eigenvalue weighted by molar-refractivity contribution is 7.12. The first-order valence-corrected chi connectivity index (χ1v) is 6.93. The molecule has 0 amide bonds. The van der Waals surface area contributed by atoms with E-state index in [9.17, 15) is 4.79 Å². The Labute approximate surface area is 124 Å². The molecular formula is C15H18ClNOS. The van der Waals surface area contributed by atoms with Crippen LogP contribution in [-0.2, 0) is 6.54 Å². The molecule has 2 nitrogen and oxygen atoms in total. The van der Waals surface area contributed by atoms with Crippen molar-refractivity contribution in [1.82, 2.24) is 4.90 Å². The number of halogens is 1. The molecule has 0 atom stereocenters. The average Bonchev–Trinajstić information content (AvgIpc) is 2.91. The molecule has 0 bridgehead atoms. The van der Waals surface area contributed by atoms with Gasteiger partial charge in [-0.1, -0.05) is 36.4 Å². The SMILES string of the molecule is CN(CCC(=O)c1cccs1)Cc1ccccc1.Cl. The van der Waals surface area contributed by atoms with Crippen LogP contribution < -0.4 is 0 Å². The third-order valence-electron chi connectivity index (χ3n) is 2.81. The van der Waals surface area contributed by atoms with E-state index in [1.807, 2.05) is 35.7 Å². The molecule has 0 saturated heterocycles. The van der Waals surface area contributed by atoms with Crippen LogP contribution in [0, 0.1) is 0 Å².